The maximum atomic E-state index is 12.7. The number of nitro benzene ring substituents is 1. The van der Waals surface area contributed by atoms with E-state index in [0.717, 1.165) is 17.3 Å². The van der Waals surface area contributed by atoms with Crippen molar-refractivity contribution in [3.63, 3.8) is 0 Å². The zero-order chi connectivity index (χ0) is 21.3. The Morgan fingerprint density at radius 1 is 1.20 bits per heavy atom. The molecular formula is C20H14ClN5O4. The van der Waals surface area contributed by atoms with Crippen LogP contribution in [0.1, 0.15) is 15.9 Å². The fraction of sp³-hybridized carbons (Fsp3) is 0.0500. The number of H-pyrrole nitrogens is 1. The van der Waals surface area contributed by atoms with Crippen molar-refractivity contribution in [2.24, 2.45) is 0 Å². The lowest BCUT2D eigenvalue weighted by molar-refractivity contribution is -0.384. The van der Waals surface area contributed by atoms with Gasteiger partial charge < -0.3 is 10.3 Å². The molecule has 30 heavy (non-hydrogen) atoms. The molecule has 0 aliphatic carbocycles. The normalized spacial score (nSPS) is 10.8. The number of hydrogen-bond donors (Lipinski definition) is 2. The monoisotopic (exact) mass is 423 g/mol. The highest BCUT2D eigenvalue weighted by molar-refractivity contribution is 6.30. The molecule has 0 atom stereocenters. The number of non-ortho nitro benzene ring substituents is 1. The van der Waals surface area contributed by atoms with E-state index < -0.39 is 16.4 Å². The summed E-state index contributed by atoms with van der Waals surface area (Å²) in [6.45, 7) is 0.162. The molecule has 0 aliphatic rings. The molecule has 2 N–H and O–H groups in total. The Labute approximate surface area is 174 Å². The Morgan fingerprint density at radius 2 is 1.97 bits per heavy atom. The van der Waals surface area contributed by atoms with Crippen LogP contribution in [-0.2, 0) is 6.54 Å². The van der Waals surface area contributed by atoms with Crippen molar-refractivity contribution < 1.29 is 9.72 Å². The van der Waals surface area contributed by atoms with Gasteiger partial charge in [-0.3, -0.25) is 19.7 Å². The average molecular weight is 424 g/mol. The minimum absolute atomic E-state index is 0.0579. The molecule has 2 heterocycles. The highest BCUT2D eigenvalue weighted by Gasteiger charge is 2.15. The van der Waals surface area contributed by atoms with Crippen LogP contribution in [0.3, 0.4) is 0 Å². The second-order valence-electron chi connectivity index (χ2n) is 6.49. The number of amides is 1. The summed E-state index contributed by atoms with van der Waals surface area (Å²) in [5.41, 5.74) is 1.30. The molecule has 0 unspecified atom stereocenters. The SMILES string of the molecule is O=C(NCc1cnn(-c2ccc(Cl)cc2)c1)c1cc(=O)[nH]c2ccc([N+](=O)[O-])cc12. The number of nitrogens with zero attached hydrogens (tertiary/aromatic N) is 3. The number of hydrogen-bond acceptors (Lipinski definition) is 5. The maximum absolute atomic E-state index is 12.7. The zero-order valence-electron chi connectivity index (χ0n) is 15.3. The van der Waals surface area contributed by atoms with Gasteiger partial charge in [-0.25, -0.2) is 4.68 Å². The molecule has 0 radical (unpaired) electrons. The van der Waals surface area contributed by atoms with Crippen LogP contribution in [-0.4, -0.2) is 25.6 Å². The number of rotatable bonds is 5. The molecule has 0 fully saturated rings. The Balaban J connectivity index is 1.56. The topological polar surface area (TPSA) is 123 Å². The van der Waals surface area contributed by atoms with Crippen LogP contribution in [0, 0.1) is 10.1 Å². The third-order valence-corrected chi connectivity index (χ3v) is 4.71. The summed E-state index contributed by atoms with van der Waals surface area (Å²) in [5.74, 6) is -0.522. The lowest BCUT2D eigenvalue weighted by Gasteiger charge is -2.07. The number of halogens is 1. The molecule has 0 saturated heterocycles. The van der Waals surface area contributed by atoms with Gasteiger partial charge in [0.2, 0.25) is 5.56 Å². The molecule has 0 spiro atoms. The quantitative estimate of drug-likeness (QED) is 0.377. The first-order valence-electron chi connectivity index (χ1n) is 8.80. The molecule has 2 aromatic carbocycles. The fourth-order valence-electron chi connectivity index (χ4n) is 3.01. The third-order valence-electron chi connectivity index (χ3n) is 4.46. The summed E-state index contributed by atoms with van der Waals surface area (Å²) in [5, 5.41) is 18.9. The molecule has 0 bridgehead atoms. The number of nitro groups is 1. The van der Waals surface area contributed by atoms with E-state index >= 15 is 0 Å². The molecule has 1 amide bonds. The minimum Gasteiger partial charge on any atom is -0.348 e. The molecule has 9 nitrogen and oxygen atoms in total. The lowest BCUT2D eigenvalue weighted by Crippen LogP contribution is -2.24. The Kier molecular flexibility index (Phi) is 5.03. The molecule has 2 aromatic heterocycles. The smallest absolute Gasteiger partial charge is 0.270 e. The summed E-state index contributed by atoms with van der Waals surface area (Å²) in [4.78, 5) is 37.7. The van der Waals surface area contributed by atoms with Crippen LogP contribution in [0.2, 0.25) is 5.02 Å². The summed E-state index contributed by atoms with van der Waals surface area (Å²) in [6.07, 6.45) is 3.36. The highest BCUT2D eigenvalue weighted by Crippen LogP contribution is 2.21. The minimum atomic E-state index is -0.558. The van der Waals surface area contributed by atoms with E-state index in [0.29, 0.717) is 10.5 Å². The Hall–Kier alpha value is -3.98. The van der Waals surface area contributed by atoms with Crippen LogP contribution >= 0.6 is 11.6 Å². The van der Waals surface area contributed by atoms with Gasteiger partial charge in [-0.1, -0.05) is 11.6 Å². The number of aromatic nitrogens is 3. The highest BCUT2D eigenvalue weighted by atomic mass is 35.5. The van der Waals surface area contributed by atoms with Gasteiger partial charge in [0.25, 0.3) is 11.6 Å². The van der Waals surface area contributed by atoms with Crippen molar-refractivity contribution in [1.82, 2.24) is 20.1 Å². The second kappa shape index (κ2) is 7.80. The lowest BCUT2D eigenvalue weighted by atomic mass is 10.1. The molecule has 4 aromatic rings. The van der Waals surface area contributed by atoms with E-state index in [1.165, 1.54) is 18.2 Å². The molecular weight excluding hydrogens is 410 g/mol. The van der Waals surface area contributed by atoms with Gasteiger partial charge in [0.15, 0.2) is 0 Å². The Bertz CT molecular complexity index is 1330. The first kappa shape index (κ1) is 19.3. The van der Waals surface area contributed by atoms with Gasteiger partial charge >= 0.3 is 0 Å². The van der Waals surface area contributed by atoms with Gasteiger partial charge in [-0.2, -0.15) is 5.10 Å². The van der Waals surface area contributed by atoms with E-state index in [-0.39, 0.29) is 23.2 Å². The average Bonchev–Trinajstić information content (AvgIpc) is 3.20. The van der Waals surface area contributed by atoms with Crippen LogP contribution in [0.5, 0.6) is 0 Å². The van der Waals surface area contributed by atoms with Gasteiger partial charge in [0, 0.05) is 52.4 Å². The van der Waals surface area contributed by atoms with E-state index in [9.17, 15) is 19.7 Å². The summed E-state index contributed by atoms with van der Waals surface area (Å²) < 4.78 is 1.64. The first-order valence-corrected chi connectivity index (χ1v) is 9.18. The van der Waals surface area contributed by atoms with Crippen LogP contribution in [0.25, 0.3) is 16.6 Å². The van der Waals surface area contributed by atoms with Crippen molar-refractivity contribution in [2.75, 3.05) is 0 Å². The van der Waals surface area contributed by atoms with Gasteiger partial charge in [-0.05, 0) is 30.3 Å². The molecule has 0 saturated carbocycles. The third kappa shape index (κ3) is 3.91. The van der Waals surface area contributed by atoms with Crippen molar-refractivity contribution >= 4 is 34.1 Å². The Morgan fingerprint density at radius 3 is 2.70 bits per heavy atom. The zero-order valence-corrected chi connectivity index (χ0v) is 16.1. The predicted molar refractivity (Wildman–Crippen MR) is 111 cm³/mol. The summed E-state index contributed by atoms with van der Waals surface area (Å²) in [7, 11) is 0. The molecule has 150 valence electrons. The van der Waals surface area contributed by atoms with Crippen molar-refractivity contribution in [3.8, 4) is 5.69 Å². The fourth-order valence-corrected chi connectivity index (χ4v) is 3.13. The summed E-state index contributed by atoms with van der Waals surface area (Å²) >= 11 is 5.89. The number of pyridine rings is 1. The van der Waals surface area contributed by atoms with Crippen molar-refractivity contribution in [1.29, 1.82) is 0 Å². The first-order chi connectivity index (χ1) is 14.4. The number of benzene rings is 2. The van der Waals surface area contributed by atoms with Crippen LogP contribution < -0.4 is 10.9 Å². The van der Waals surface area contributed by atoms with Crippen LogP contribution in [0.15, 0.2) is 65.7 Å². The standard InChI is InChI=1S/C20H14ClN5O4/c21-13-1-3-14(4-2-13)25-11-12(10-23-25)9-22-20(28)17-8-19(27)24-18-6-5-15(26(29)30)7-16(17)18/h1-8,10-11H,9H2,(H,22,28)(H,24,27). The number of fused-ring (bicyclic) bond motifs is 1. The predicted octanol–water partition coefficient (Wildman–Crippen LogP) is 3.21. The van der Waals surface area contributed by atoms with Crippen molar-refractivity contribution in [3.05, 3.63) is 97.5 Å². The number of carbonyl (C=O) groups is 1. The largest absolute Gasteiger partial charge is 0.348 e. The van der Waals surface area contributed by atoms with Gasteiger partial charge in [-0.15, -0.1) is 0 Å². The van der Waals surface area contributed by atoms with Gasteiger partial charge in [0.05, 0.1) is 22.4 Å². The maximum Gasteiger partial charge on any atom is 0.270 e. The van der Waals surface area contributed by atoms with E-state index in [2.05, 4.69) is 15.4 Å². The van der Waals surface area contributed by atoms with E-state index in [1.54, 1.807) is 29.2 Å². The summed E-state index contributed by atoms with van der Waals surface area (Å²) in [6, 6.07) is 12.2. The molecule has 4 rings (SSSR count). The number of aromatic amines is 1. The van der Waals surface area contributed by atoms with E-state index in [1.807, 2.05) is 12.1 Å². The van der Waals surface area contributed by atoms with E-state index in [4.69, 9.17) is 11.6 Å². The number of carbonyl (C=O) groups excluding carboxylic acids is 1. The molecule has 0 aliphatic heterocycles. The second-order valence-corrected chi connectivity index (χ2v) is 6.92. The van der Waals surface area contributed by atoms with Crippen molar-refractivity contribution in [2.45, 2.75) is 6.54 Å². The number of nitrogens with one attached hydrogen (secondary N) is 2. The van der Waals surface area contributed by atoms with Crippen LogP contribution in [0.4, 0.5) is 5.69 Å². The van der Waals surface area contributed by atoms with Gasteiger partial charge in [0.1, 0.15) is 0 Å². The molecule has 10 heteroatoms.